The number of benzene rings is 4. The molecule has 0 atom stereocenters. The van der Waals surface area contributed by atoms with Crippen LogP contribution >= 0.6 is 39.3 Å². The number of thioether (sulfide) groups is 1. The van der Waals surface area contributed by atoms with Crippen molar-refractivity contribution in [3.63, 3.8) is 0 Å². The summed E-state index contributed by atoms with van der Waals surface area (Å²) in [6.45, 7) is 2.29. The predicted molar refractivity (Wildman–Crippen MR) is 157 cm³/mol. The van der Waals surface area contributed by atoms with Gasteiger partial charge in [-0.15, -0.1) is 0 Å². The number of imide groups is 1. The van der Waals surface area contributed by atoms with Crippen LogP contribution in [-0.4, -0.2) is 28.6 Å². The quantitative estimate of drug-likeness (QED) is 0.118. The largest absolute Gasteiger partial charge is 0.490 e. The first-order chi connectivity index (χ1) is 18.8. The fourth-order valence-corrected chi connectivity index (χ4v) is 5.65. The van der Waals surface area contributed by atoms with Crippen LogP contribution in [0, 0.1) is 0 Å². The minimum Gasteiger partial charge on any atom is -0.490 e. The van der Waals surface area contributed by atoms with E-state index in [-0.39, 0.29) is 28.3 Å². The van der Waals surface area contributed by atoms with E-state index in [1.165, 1.54) is 4.90 Å². The van der Waals surface area contributed by atoms with Gasteiger partial charge in [0, 0.05) is 5.02 Å². The van der Waals surface area contributed by atoms with Crippen LogP contribution in [0.15, 0.2) is 88.2 Å². The first-order valence-corrected chi connectivity index (χ1v) is 14.0. The molecular weight excluding hydrogens is 602 g/mol. The maximum absolute atomic E-state index is 13.2. The Morgan fingerprint density at radius 1 is 1.03 bits per heavy atom. The second-order valence-corrected chi connectivity index (χ2v) is 10.9. The van der Waals surface area contributed by atoms with Gasteiger partial charge in [-0.1, -0.05) is 60.1 Å². The molecule has 4 aromatic carbocycles. The number of carbonyl (C=O) groups excluding carboxylic acids is 3. The molecule has 9 heteroatoms. The van der Waals surface area contributed by atoms with E-state index in [2.05, 4.69) is 15.9 Å². The Balaban J connectivity index is 1.41. The average Bonchev–Trinajstić information content (AvgIpc) is 3.18. The molecule has 196 valence electrons. The summed E-state index contributed by atoms with van der Waals surface area (Å²) in [6.07, 6.45) is 1.62. The third-order valence-corrected chi connectivity index (χ3v) is 7.71. The number of hydrogen-bond donors (Lipinski definition) is 0. The van der Waals surface area contributed by atoms with E-state index in [1.807, 2.05) is 37.3 Å². The SMILES string of the molecule is CCOc1cc(/C=C2\SC(=O)N(Cc3ccc(Cl)cc3)C2=O)cc(Br)c1OC(=O)c1cccc2ccccc12. The molecule has 39 heavy (non-hydrogen) atoms. The number of hydrogen-bond acceptors (Lipinski definition) is 6. The van der Waals surface area contributed by atoms with Crippen LogP contribution in [0.25, 0.3) is 16.8 Å². The van der Waals surface area contributed by atoms with Crippen LogP contribution in [0.4, 0.5) is 4.79 Å². The van der Waals surface area contributed by atoms with Gasteiger partial charge < -0.3 is 9.47 Å². The molecule has 0 unspecified atom stereocenters. The van der Waals surface area contributed by atoms with Crippen LogP contribution in [0.5, 0.6) is 11.5 Å². The number of nitrogens with zero attached hydrogens (tertiary/aromatic N) is 1. The van der Waals surface area contributed by atoms with Crippen molar-refractivity contribution < 1.29 is 23.9 Å². The first kappa shape index (κ1) is 27.0. The van der Waals surface area contributed by atoms with Gasteiger partial charge in [0.15, 0.2) is 11.5 Å². The highest BCUT2D eigenvalue weighted by atomic mass is 79.9. The van der Waals surface area contributed by atoms with Gasteiger partial charge >= 0.3 is 5.97 Å². The van der Waals surface area contributed by atoms with Crippen molar-refractivity contribution in [2.75, 3.05) is 6.61 Å². The van der Waals surface area contributed by atoms with Crippen molar-refractivity contribution in [1.29, 1.82) is 0 Å². The zero-order valence-corrected chi connectivity index (χ0v) is 23.8. The Kier molecular flexibility index (Phi) is 8.07. The number of ether oxygens (including phenoxy) is 2. The summed E-state index contributed by atoms with van der Waals surface area (Å²) in [7, 11) is 0. The monoisotopic (exact) mass is 621 g/mol. The van der Waals surface area contributed by atoms with Crippen molar-refractivity contribution >= 4 is 73.3 Å². The van der Waals surface area contributed by atoms with Crippen molar-refractivity contribution in [3.05, 3.63) is 110 Å². The normalized spacial score (nSPS) is 14.3. The highest BCUT2D eigenvalue weighted by Crippen LogP contribution is 2.40. The first-order valence-electron chi connectivity index (χ1n) is 12.0. The molecule has 0 aliphatic carbocycles. The van der Waals surface area contributed by atoms with Crippen LogP contribution < -0.4 is 9.47 Å². The highest BCUT2D eigenvalue weighted by Gasteiger charge is 2.35. The number of carbonyl (C=O) groups is 3. The molecule has 1 fully saturated rings. The van der Waals surface area contributed by atoms with E-state index in [9.17, 15) is 14.4 Å². The summed E-state index contributed by atoms with van der Waals surface area (Å²) < 4.78 is 12.1. The van der Waals surface area contributed by atoms with Crippen LogP contribution in [-0.2, 0) is 11.3 Å². The minimum atomic E-state index is -0.524. The molecule has 0 radical (unpaired) electrons. The number of esters is 1. The smallest absolute Gasteiger partial charge is 0.344 e. The van der Waals surface area contributed by atoms with Crippen molar-refractivity contribution in [1.82, 2.24) is 4.90 Å². The zero-order chi connectivity index (χ0) is 27.5. The molecule has 0 saturated carbocycles. The highest BCUT2D eigenvalue weighted by molar-refractivity contribution is 9.10. The summed E-state index contributed by atoms with van der Waals surface area (Å²) in [5.74, 6) is -0.361. The van der Waals surface area contributed by atoms with E-state index in [1.54, 1.807) is 54.6 Å². The lowest BCUT2D eigenvalue weighted by molar-refractivity contribution is -0.123. The molecule has 5 rings (SSSR count). The molecular formula is C30H21BrClNO5S. The second kappa shape index (κ2) is 11.7. The van der Waals surface area contributed by atoms with Crippen molar-refractivity contribution in [2.45, 2.75) is 13.5 Å². The topological polar surface area (TPSA) is 72.9 Å². The number of amides is 2. The maximum atomic E-state index is 13.2. The van der Waals surface area contributed by atoms with Crippen LogP contribution in [0.2, 0.25) is 5.02 Å². The van der Waals surface area contributed by atoms with Gasteiger partial charge in [-0.3, -0.25) is 14.5 Å². The Morgan fingerprint density at radius 3 is 2.54 bits per heavy atom. The van der Waals surface area contributed by atoms with Crippen molar-refractivity contribution in [3.8, 4) is 11.5 Å². The standard InChI is InChI=1S/C30H21BrClNO5S/c1-2-37-25-15-19(16-26-28(34)33(30(36)39-26)17-18-10-12-21(32)13-11-18)14-24(31)27(25)38-29(35)23-9-5-7-20-6-3-4-8-22(20)23/h3-16H,2,17H2,1H3/b26-16-. The third-order valence-electron chi connectivity index (χ3n) is 5.96. The van der Waals surface area contributed by atoms with Crippen LogP contribution in [0.1, 0.15) is 28.4 Å². The molecule has 2 amide bonds. The zero-order valence-electron chi connectivity index (χ0n) is 20.6. The molecule has 1 aliphatic rings. The van der Waals surface area contributed by atoms with E-state index in [0.29, 0.717) is 33.0 Å². The Bertz CT molecular complexity index is 1630. The summed E-state index contributed by atoms with van der Waals surface area (Å²) in [6, 6.07) is 23.4. The molecule has 0 spiro atoms. The fourth-order valence-electron chi connectivity index (χ4n) is 4.14. The average molecular weight is 623 g/mol. The summed E-state index contributed by atoms with van der Waals surface area (Å²) >= 11 is 10.3. The fraction of sp³-hybridized carbons (Fsp3) is 0.100. The van der Waals surface area contributed by atoms with Crippen molar-refractivity contribution in [2.24, 2.45) is 0 Å². The van der Waals surface area contributed by atoms with Gasteiger partial charge in [0.05, 0.1) is 28.1 Å². The predicted octanol–water partition coefficient (Wildman–Crippen LogP) is 8.11. The summed E-state index contributed by atoms with van der Waals surface area (Å²) in [5, 5.41) is 1.93. The lowest BCUT2D eigenvalue weighted by Gasteiger charge is -2.14. The summed E-state index contributed by atoms with van der Waals surface area (Å²) in [4.78, 5) is 40.3. The molecule has 1 saturated heterocycles. The third kappa shape index (κ3) is 5.88. The molecule has 1 heterocycles. The van der Waals surface area contributed by atoms with Gasteiger partial charge in [0.2, 0.25) is 0 Å². The Morgan fingerprint density at radius 2 is 1.77 bits per heavy atom. The number of halogens is 2. The number of rotatable bonds is 7. The number of fused-ring (bicyclic) bond motifs is 1. The van der Waals surface area contributed by atoms with E-state index in [4.69, 9.17) is 21.1 Å². The second-order valence-electron chi connectivity index (χ2n) is 8.57. The summed E-state index contributed by atoms with van der Waals surface area (Å²) in [5.41, 5.74) is 1.83. The van der Waals surface area contributed by atoms with E-state index >= 15 is 0 Å². The van der Waals surface area contributed by atoms with E-state index < -0.39 is 5.97 Å². The van der Waals surface area contributed by atoms with Gasteiger partial charge in [-0.2, -0.15) is 0 Å². The van der Waals surface area contributed by atoms with Gasteiger partial charge in [0.1, 0.15) is 0 Å². The molecule has 0 aromatic heterocycles. The van der Waals surface area contributed by atoms with E-state index in [0.717, 1.165) is 28.1 Å². The maximum Gasteiger partial charge on any atom is 0.344 e. The van der Waals surface area contributed by atoms with Gasteiger partial charge in [0.25, 0.3) is 11.1 Å². The Labute approximate surface area is 242 Å². The minimum absolute atomic E-state index is 0.149. The lowest BCUT2D eigenvalue weighted by Crippen LogP contribution is -2.27. The van der Waals surface area contributed by atoms with Gasteiger partial charge in [-0.25, -0.2) is 4.79 Å². The molecule has 0 bridgehead atoms. The molecule has 4 aromatic rings. The Hall–Kier alpha value is -3.59. The van der Waals surface area contributed by atoms with Crippen LogP contribution in [0.3, 0.4) is 0 Å². The lowest BCUT2D eigenvalue weighted by atomic mass is 10.0. The molecule has 0 N–H and O–H groups in total. The van der Waals surface area contributed by atoms with Gasteiger partial charge in [-0.05, 0) is 92.9 Å². The molecule has 6 nitrogen and oxygen atoms in total. The molecule has 1 aliphatic heterocycles.